The summed E-state index contributed by atoms with van der Waals surface area (Å²) in [6, 6.07) is 3.30. The van der Waals surface area contributed by atoms with Gasteiger partial charge in [0.1, 0.15) is 11.6 Å². The summed E-state index contributed by atoms with van der Waals surface area (Å²) in [4.78, 5) is 25.0. The number of halogens is 2. The highest BCUT2D eigenvalue weighted by Gasteiger charge is 2.41. The van der Waals surface area contributed by atoms with Crippen LogP contribution in [-0.4, -0.2) is 17.4 Å². The molecular formula is C21H30F2N2O2. The van der Waals surface area contributed by atoms with Crippen LogP contribution in [0.15, 0.2) is 18.2 Å². The van der Waals surface area contributed by atoms with Crippen LogP contribution in [0, 0.1) is 35.3 Å². The molecular weight excluding hydrogens is 350 g/mol. The van der Waals surface area contributed by atoms with Crippen molar-refractivity contribution < 1.29 is 18.4 Å². The number of amides is 2. The predicted molar refractivity (Wildman–Crippen MR) is 101 cm³/mol. The minimum atomic E-state index is -0.675. The van der Waals surface area contributed by atoms with Crippen LogP contribution in [0.1, 0.15) is 52.5 Å². The van der Waals surface area contributed by atoms with Crippen LogP contribution in [0.2, 0.25) is 0 Å². The summed E-state index contributed by atoms with van der Waals surface area (Å²) in [5.41, 5.74) is 5.66. The Hall–Kier alpha value is -1.98. The SMILES string of the molecule is CC1C[C@@H]1CC(C(=O)NC(C)(C)C)[C@H](CCc1cc(F)cc(F)c1)C(N)=O. The quantitative estimate of drug-likeness (QED) is 0.724. The molecule has 2 unspecified atom stereocenters. The molecule has 1 aliphatic carbocycles. The number of nitrogens with one attached hydrogen (secondary N) is 1. The fraction of sp³-hybridized carbons (Fsp3) is 0.619. The Labute approximate surface area is 159 Å². The first-order chi connectivity index (χ1) is 12.5. The molecule has 4 nitrogen and oxygen atoms in total. The third-order valence-electron chi connectivity index (χ3n) is 5.19. The molecule has 0 bridgehead atoms. The van der Waals surface area contributed by atoms with Gasteiger partial charge in [0.15, 0.2) is 0 Å². The second-order valence-electron chi connectivity index (χ2n) is 8.88. The average molecular weight is 380 g/mol. The first-order valence-corrected chi connectivity index (χ1v) is 9.52. The van der Waals surface area contributed by atoms with E-state index in [4.69, 9.17) is 5.73 Å². The number of nitrogens with two attached hydrogens (primary N) is 1. The number of hydrogen-bond acceptors (Lipinski definition) is 2. The van der Waals surface area contributed by atoms with Crippen molar-refractivity contribution in [1.82, 2.24) is 5.32 Å². The van der Waals surface area contributed by atoms with Crippen molar-refractivity contribution in [2.24, 2.45) is 29.4 Å². The number of aryl methyl sites for hydroxylation is 1. The van der Waals surface area contributed by atoms with Crippen LogP contribution in [0.5, 0.6) is 0 Å². The smallest absolute Gasteiger partial charge is 0.224 e. The molecule has 1 aromatic rings. The molecule has 0 heterocycles. The van der Waals surface area contributed by atoms with Crippen molar-refractivity contribution in [2.45, 2.75) is 58.9 Å². The Morgan fingerprint density at radius 2 is 1.74 bits per heavy atom. The molecule has 6 heteroatoms. The first-order valence-electron chi connectivity index (χ1n) is 9.52. The van der Waals surface area contributed by atoms with E-state index >= 15 is 0 Å². The molecule has 150 valence electrons. The van der Waals surface area contributed by atoms with E-state index in [0.29, 0.717) is 23.8 Å². The normalized spacial score (nSPS) is 21.4. The van der Waals surface area contributed by atoms with Gasteiger partial charge in [-0.1, -0.05) is 6.92 Å². The second kappa shape index (κ2) is 8.36. The Bertz CT molecular complexity index is 680. The summed E-state index contributed by atoms with van der Waals surface area (Å²) in [6.07, 6.45) is 2.21. The number of carbonyl (C=O) groups excluding carboxylic acids is 2. The van der Waals surface area contributed by atoms with Gasteiger partial charge in [-0.05, 0) is 76.0 Å². The largest absolute Gasteiger partial charge is 0.369 e. The number of benzene rings is 1. The molecule has 0 aromatic heterocycles. The minimum absolute atomic E-state index is 0.184. The maximum absolute atomic E-state index is 13.4. The van der Waals surface area contributed by atoms with Crippen molar-refractivity contribution in [3.63, 3.8) is 0 Å². The van der Waals surface area contributed by atoms with E-state index in [9.17, 15) is 18.4 Å². The Kier molecular flexibility index (Phi) is 6.60. The van der Waals surface area contributed by atoms with E-state index in [1.807, 2.05) is 20.8 Å². The lowest BCUT2D eigenvalue weighted by molar-refractivity contribution is -0.135. The monoisotopic (exact) mass is 380 g/mol. The van der Waals surface area contributed by atoms with Gasteiger partial charge in [0.25, 0.3) is 0 Å². The van der Waals surface area contributed by atoms with Gasteiger partial charge in [-0.2, -0.15) is 0 Å². The Morgan fingerprint density at radius 1 is 1.19 bits per heavy atom. The lowest BCUT2D eigenvalue weighted by Gasteiger charge is -2.29. The van der Waals surface area contributed by atoms with E-state index in [1.54, 1.807) is 0 Å². The van der Waals surface area contributed by atoms with Crippen molar-refractivity contribution in [2.75, 3.05) is 0 Å². The molecule has 1 fully saturated rings. The molecule has 27 heavy (non-hydrogen) atoms. The Morgan fingerprint density at radius 3 is 2.19 bits per heavy atom. The van der Waals surface area contributed by atoms with Gasteiger partial charge < -0.3 is 11.1 Å². The van der Waals surface area contributed by atoms with E-state index in [1.165, 1.54) is 12.1 Å². The molecule has 3 N–H and O–H groups in total. The number of rotatable bonds is 8. The van der Waals surface area contributed by atoms with Crippen molar-refractivity contribution in [1.29, 1.82) is 0 Å². The second-order valence-corrected chi connectivity index (χ2v) is 8.88. The molecule has 2 rings (SSSR count). The maximum atomic E-state index is 13.4. The van der Waals surface area contributed by atoms with Gasteiger partial charge >= 0.3 is 0 Å². The van der Waals surface area contributed by atoms with Gasteiger partial charge in [-0.25, -0.2) is 8.78 Å². The van der Waals surface area contributed by atoms with Gasteiger partial charge in [0.2, 0.25) is 11.8 Å². The Balaban J connectivity index is 2.16. The topological polar surface area (TPSA) is 72.2 Å². The van der Waals surface area contributed by atoms with Crippen LogP contribution >= 0.6 is 0 Å². The fourth-order valence-electron chi connectivity index (χ4n) is 3.59. The molecule has 1 saturated carbocycles. The molecule has 0 spiro atoms. The third-order valence-corrected chi connectivity index (χ3v) is 5.19. The van der Waals surface area contributed by atoms with Gasteiger partial charge in [-0.15, -0.1) is 0 Å². The van der Waals surface area contributed by atoms with E-state index in [2.05, 4.69) is 12.2 Å². The first kappa shape index (κ1) is 21.3. The lowest BCUT2D eigenvalue weighted by atomic mass is 9.81. The summed E-state index contributed by atoms with van der Waals surface area (Å²) < 4.78 is 26.8. The van der Waals surface area contributed by atoms with Crippen molar-refractivity contribution in [3.05, 3.63) is 35.4 Å². The maximum Gasteiger partial charge on any atom is 0.224 e. The zero-order valence-electron chi connectivity index (χ0n) is 16.5. The standard InChI is InChI=1S/C21H30F2N2O2/c1-12-7-14(12)10-18(20(27)25-21(2,3)4)17(19(24)26)6-5-13-8-15(22)11-16(23)9-13/h8-9,11-12,14,17-18H,5-7,10H2,1-4H3,(H2,24,26)(H,25,27)/t12?,14-,17+,18?/m1/s1. The highest BCUT2D eigenvalue weighted by molar-refractivity contribution is 5.87. The van der Waals surface area contributed by atoms with Gasteiger partial charge in [0, 0.05) is 23.4 Å². The average Bonchev–Trinajstić information content (AvgIpc) is 3.18. The fourth-order valence-corrected chi connectivity index (χ4v) is 3.59. The molecule has 2 amide bonds. The zero-order chi connectivity index (χ0) is 20.4. The van der Waals surface area contributed by atoms with Crippen molar-refractivity contribution >= 4 is 11.8 Å². The molecule has 4 atom stereocenters. The van der Waals surface area contributed by atoms with Crippen LogP contribution in [0.4, 0.5) is 8.78 Å². The summed E-state index contributed by atoms with van der Waals surface area (Å²) in [7, 11) is 0. The van der Waals surface area contributed by atoms with Gasteiger partial charge in [0.05, 0.1) is 0 Å². The van der Waals surface area contributed by atoms with Gasteiger partial charge in [-0.3, -0.25) is 9.59 Å². The minimum Gasteiger partial charge on any atom is -0.369 e. The number of hydrogen-bond donors (Lipinski definition) is 2. The number of primary amides is 1. The molecule has 0 radical (unpaired) electrons. The molecule has 0 saturated heterocycles. The van der Waals surface area contributed by atoms with E-state index in [0.717, 1.165) is 12.5 Å². The third kappa shape index (κ3) is 6.60. The molecule has 1 aliphatic rings. The highest BCUT2D eigenvalue weighted by atomic mass is 19.1. The van der Waals surface area contributed by atoms with E-state index in [-0.39, 0.29) is 18.7 Å². The van der Waals surface area contributed by atoms with Crippen LogP contribution in [0.3, 0.4) is 0 Å². The van der Waals surface area contributed by atoms with Crippen molar-refractivity contribution in [3.8, 4) is 0 Å². The molecule has 0 aliphatic heterocycles. The van der Waals surface area contributed by atoms with Crippen LogP contribution in [-0.2, 0) is 16.0 Å². The van der Waals surface area contributed by atoms with Crippen LogP contribution in [0.25, 0.3) is 0 Å². The van der Waals surface area contributed by atoms with Crippen LogP contribution < -0.4 is 11.1 Å². The predicted octanol–water partition coefficient (Wildman–Crippen LogP) is 3.58. The summed E-state index contributed by atoms with van der Waals surface area (Å²) >= 11 is 0. The van der Waals surface area contributed by atoms with E-state index < -0.39 is 34.9 Å². The summed E-state index contributed by atoms with van der Waals surface area (Å²) in [5.74, 6) is -2.30. The summed E-state index contributed by atoms with van der Waals surface area (Å²) in [5, 5.41) is 2.95. The zero-order valence-corrected chi connectivity index (χ0v) is 16.5. The highest BCUT2D eigenvalue weighted by Crippen LogP contribution is 2.44. The number of carbonyl (C=O) groups is 2. The summed E-state index contributed by atoms with van der Waals surface area (Å²) in [6.45, 7) is 7.78. The lowest BCUT2D eigenvalue weighted by Crippen LogP contribution is -2.47. The molecule has 1 aromatic carbocycles.